The number of alkyl halides is 2. The maximum Gasteiger partial charge on any atom is 0.265 e. The summed E-state index contributed by atoms with van der Waals surface area (Å²) in [5.74, 6) is -2.68. The molecular weight excluding hydrogens is 488 g/mol. The highest BCUT2D eigenvalue weighted by Gasteiger charge is 2.43. The molecule has 2 aliphatic heterocycles. The largest absolute Gasteiger partial charge is 0.376 e. The Morgan fingerprint density at radius 3 is 2.75 bits per heavy atom. The lowest BCUT2D eigenvalue weighted by atomic mass is 9.79. The van der Waals surface area contributed by atoms with E-state index in [1.54, 1.807) is 6.20 Å². The molecule has 1 aromatic heterocycles. The second kappa shape index (κ2) is 11.4. The first kappa shape index (κ1) is 27.3. The average molecular weight is 528 g/mol. The van der Waals surface area contributed by atoms with Crippen molar-refractivity contribution in [2.24, 2.45) is 17.6 Å². The molecular formula is C25H39F2N5O3S. The molecule has 3 heterocycles. The highest BCUT2D eigenvalue weighted by atomic mass is 32.1. The van der Waals surface area contributed by atoms with Crippen molar-refractivity contribution in [3.05, 3.63) is 11.1 Å². The molecule has 36 heavy (non-hydrogen) atoms. The van der Waals surface area contributed by atoms with Crippen molar-refractivity contribution in [1.29, 1.82) is 0 Å². The second-order valence-corrected chi connectivity index (χ2v) is 12.0. The number of nitrogens with two attached hydrogens (primary N) is 1. The van der Waals surface area contributed by atoms with Gasteiger partial charge in [-0.15, -0.1) is 0 Å². The molecule has 4 rings (SSSR count). The van der Waals surface area contributed by atoms with Gasteiger partial charge in [0.05, 0.1) is 36.2 Å². The molecule has 8 nitrogen and oxygen atoms in total. The fourth-order valence-corrected chi connectivity index (χ4v) is 6.39. The van der Waals surface area contributed by atoms with Gasteiger partial charge in [0.25, 0.3) is 5.92 Å². The van der Waals surface area contributed by atoms with Gasteiger partial charge in [-0.05, 0) is 38.5 Å². The molecule has 1 aromatic rings. The Hall–Kier alpha value is -1.69. The molecule has 1 aliphatic carbocycles. The van der Waals surface area contributed by atoms with Crippen LogP contribution in [0.2, 0.25) is 0 Å². The number of amides is 2. The zero-order valence-electron chi connectivity index (χ0n) is 21.4. The van der Waals surface area contributed by atoms with Crippen LogP contribution in [0.15, 0.2) is 6.20 Å². The van der Waals surface area contributed by atoms with Gasteiger partial charge in [0.1, 0.15) is 0 Å². The van der Waals surface area contributed by atoms with Crippen molar-refractivity contribution in [2.75, 3.05) is 31.6 Å². The number of rotatable bonds is 7. The molecule has 3 fully saturated rings. The Kier molecular flexibility index (Phi) is 8.63. The number of aromatic nitrogens is 1. The van der Waals surface area contributed by atoms with Gasteiger partial charge in [0.2, 0.25) is 11.8 Å². The van der Waals surface area contributed by atoms with Gasteiger partial charge in [0, 0.05) is 38.2 Å². The number of likely N-dealkylation sites (tertiary alicyclic amines) is 1. The topological polar surface area (TPSA) is 101 Å². The zero-order valence-corrected chi connectivity index (χ0v) is 22.2. The van der Waals surface area contributed by atoms with Crippen LogP contribution in [0.25, 0.3) is 0 Å². The van der Waals surface area contributed by atoms with Gasteiger partial charge >= 0.3 is 0 Å². The molecule has 0 spiro atoms. The van der Waals surface area contributed by atoms with Gasteiger partial charge in [-0.1, -0.05) is 31.1 Å². The van der Waals surface area contributed by atoms with Gasteiger partial charge in [0.15, 0.2) is 5.13 Å². The first-order valence-electron chi connectivity index (χ1n) is 13.1. The lowest BCUT2D eigenvalue weighted by molar-refractivity contribution is -0.153. The fraction of sp³-hybridized carbons (Fsp3) is 0.800. The standard InChI is InChI=1S/C25H39F2N5O3S/c1-15-4-6-18(7-5-15)22(28)23(34)30-24-29-10-20(36-24)19(12-31-11-17(3)35-13-16(31)2)32-14-25(26,27)9-8-21(32)33/h10,15-19,22H,4-9,11-14,28H2,1-3H3,(H,29,30,34)/t15?,16-,17-,18?,19?,22+/m1/s1. The smallest absolute Gasteiger partial charge is 0.265 e. The first-order valence-corrected chi connectivity index (χ1v) is 13.9. The van der Waals surface area contributed by atoms with E-state index in [2.05, 4.69) is 22.1 Å². The van der Waals surface area contributed by atoms with Crippen LogP contribution in [-0.2, 0) is 14.3 Å². The van der Waals surface area contributed by atoms with Crippen molar-refractivity contribution >= 4 is 28.3 Å². The highest BCUT2D eigenvalue weighted by Crippen LogP contribution is 2.37. The second-order valence-electron chi connectivity index (χ2n) is 10.9. The fourth-order valence-electron chi connectivity index (χ4n) is 5.47. The van der Waals surface area contributed by atoms with E-state index in [0.29, 0.717) is 35.6 Å². The maximum atomic E-state index is 14.4. The van der Waals surface area contributed by atoms with E-state index in [0.717, 1.165) is 25.7 Å². The number of nitrogens with one attached hydrogen (secondary N) is 1. The summed E-state index contributed by atoms with van der Waals surface area (Å²) in [5.41, 5.74) is 6.28. The molecule has 2 saturated heterocycles. The lowest BCUT2D eigenvalue weighted by Gasteiger charge is -2.43. The SMILES string of the molecule is CC1CCC([C@H](N)C(=O)Nc2ncc(C(CN3C[C@@H](C)OC[C@H]3C)N3CC(F)(F)CCC3=O)s2)CC1. The van der Waals surface area contributed by atoms with E-state index in [-0.39, 0.29) is 36.3 Å². The zero-order chi connectivity index (χ0) is 26.0. The number of hydrogen-bond acceptors (Lipinski definition) is 7. The van der Waals surface area contributed by atoms with Crippen LogP contribution in [0, 0.1) is 11.8 Å². The van der Waals surface area contributed by atoms with Gasteiger partial charge in [-0.3, -0.25) is 14.5 Å². The Morgan fingerprint density at radius 1 is 1.31 bits per heavy atom. The third-order valence-electron chi connectivity index (χ3n) is 7.90. The number of morpholine rings is 1. The van der Waals surface area contributed by atoms with E-state index in [1.807, 2.05) is 13.8 Å². The van der Waals surface area contributed by atoms with Crippen molar-refractivity contribution < 1.29 is 23.1 Å². The third-order valence-corrected chi connectivity index (χ3v) is 8.91. The van der Waals surface area contributed by atoms with E-state index in [4.69, 9.17) is 10.5 Å². The van der Waals surface area contributed by atoms with Crippen molar-refractivity contribution in [1.82, 2.24) is 14.8 Å². The summed E-state index contributed by atoms with van der Waals surface area (Å²) in [6.07, 6.45) is 5.00. The summed E-state index contributed by atoms with van der Waals surface area (Å²) in [7, 11) is 0. The van der Waals surface area contributed by atoms with Gasteiger partial charge in [-0.2, -0.15) is 0 Å². The molecule has 202 valence electrons. The monoisotopic (exact) mass is 527 g/mol. The van der Waals surface area contributed by atoms with Crippen molar-refractivity contribution in [3.8, 4) is 0 Å². The maximum absolute atomic E-state index is 14.4. The Labute approximate surface area is 215 Å². The number of anilines is 1. The predicted molar refractivity (Wildman–Crippen MR) is 135 cm³/mol. The molecule has 3 N–H and O–H groups in total. The van der Waals surface area contributed by atoms with Crippen molar-refractivity contribution in [2.45, 2.75) is 89.4 Å². The number of carbonyl (C=O) groups excluding carboxylic acids is 2. The first-order chi connectivity index (χ1) is 17.0. The van der Waals surface area contributed by atoms with Crippen LogP contribution >= 0.6 is 11.3 Å². The van der Waals surface area contributed by atoms with Crippen LogP contribution in [0.3, 0.4) is 0 Å². The summed E-state index contributed by atoms with van der Waals surface area (Å²) < 4.78 is 34.5. The number of carbonyl (C=O) groups is 2. The Morgan fingerprint density at radius 2 is 2.03 bits per heavy atom. The minimum atomic E-state index is -2.93. The average Bonchev–Trinajstić information content (AvgIpc) is 3.29. The minimum absolute atomic E-state index is 0.0147. The Bertz CT molecular complexity index is 923. The third kappa shape index (κ3) is 6.59. The normalized spacial score (nSPS) is 31.2. The molecule has 0 radical (unpaired) electrons. The minimum Gasteiger partial charge on any atom is -0.376 e. The molecule has 1 saturated carbocycles. The number of ether oxygens (including phenoxy) is 1. The quantitative estimate of drug-likeness (QED) is 0.562. The number of halogens is 2. The van der Waals surface area contributed by atoms with Crippen LogP contribution in [0.1, 0.15) is 70.2 Å². The summed E-state index contributed by atoms with van der Waals surface area (Å²) in [5, 5.41) is 3.21. The van der Waals surface area contributed by atoms with E-state index in [9.17, 15) is 18.4 Å². The van der Waals surface area contributed by atoms with Crippen LogP contribution in [0.4, 0.5) is 13.9 Å². The van der Waals surface area contributed by atoms with Crippen molar-refractivity contribution in [3.63, 3.8) is 0 Å². The number of thiazole rings is 1. The molecule has 0 aromatic carbocycles. The van der Waals surface area contributed by atoms with E-state index >= 15 is 0 Å². The van der Waals surface area contributed by atoms with Gasteiger partial charge in [-0.25, -0.2) is 13.8 Å². The Balaban J connectivity index is 1.50. The predicted octanol–water partition coefficient (Wildman–Crippen LogP) is 3.64. The molecule has 0 bridgehead atoms. The number of hydrogen-bond donors (Lipinski definition) is 2. The molecule has 3 aliphatic rings. The molecule has 4 atom stereocenters. The van der Waals surface area contributed by atoms with Crippen LogP contribution in [-0.4, -0.2) is 76.9 Å². The van der Waals surface area contributed by atoms with E-state index in [1.165, 1.54) is 16.2 Å². The molecule has 1 unspecified atom stereocenters. The van der Waals surface area contributed by atoms with Crippen LogP contribution in [0.5, 0.6) is 0 Å². The highest BCUT2D eigenvalue weighted by molar-refractivity contribution is 7.15. The number of piperidine rings is 1. The summed E-state index contributed by atoms with van der Waals surface area (Å²) in [6.45, 7) is 7.19. The summed E-state index contributed by atoms with van der Waals surface area (Å²) >= 11 is 1.22. The molecule has 2 amide bonds. The summed E-state index contributed by atoms with van der Waals surface area (Å²) in [6, 6.07) is -1.11. The molecule has 11 heteroatoms. The van der Waals surface area contributed by atoms with Gasteiger partial charge < -0.3 is 20.7 Å². The van der Waals surface area contributed by atoms with Crippen LogP contribution < -0.4 is 11.1 Å². The lowest BCUT2D eigenvalue weighted by Crippen LogP contribution is -2.54. The summed E-state index contributed by atoms with van der Waals surface area (Å²) in [4.78, 5) is 34.2. The number of nitrogens with zero attached hydrogens (tertiary/aromatic N) is 3. The van der Waals surface area contributed by atoms with E-state index < -0.39 is 31.0 Å².